The van der Waals surface area contributed by atoms with Crippen LogP contribution in [0.2, 0.25) is 0 Å². The summed E-state index contributed by atoms with van der Waals surface area (Å²) in [4.78, 5) is 106. The Bertz CT molecular complexity index is 4560. The van der Waals surface area contributed by atoms with E-state index in [1.54, 1.807) is 65.0 Å². The number of nitrogens with zero attached hydrogens (tertiary/aromatic N) is 3. The van der Waals surface area contributed by atoms with Gasteiger partial charge in [-0.15, -0.1) is 57.7 Å². The Morgan fingerprint density at radius 1 is 0.453 bits per heavy atom. The lowest BCUT2D eigenvalue weighted by Gasteiger charge is -2.25. The molecule has 1 heterocycles. The van der Waals surface area contributed by atoms with Gasteiger partial charge in [0.1, 0.15) is 42.6 Å². The molecule has 1 aromatic heterocycles. The lowest BCUT2D eigenvalue weighted by atomic mass is 9.92. The predicted molar refractivity (Wildman–Crippen MR) is 417 cm³/mol. The number of rotatable bonds is 18. The van der Waals surface area contributed by atoms with Gasteiger partial charge in [0.05, 0.1) is 39.6 Å². The van der Waals surface area contributed by atoms with Crippen LogP contribution in [0.25, 0.3) is 16.1 Å². The molecule has 3 amide bonds. The number of halogens is 20. The first kappa shape index (κ1) is 103. The molecular weight excluding hydrogens is 1710 g/mol. The van der Waals surface area contributed by atoms with Crippen LogP contribution in [-0.4, -0.2) is 117 Å². The minimum absolute atomic E-state index is 0.0680. The molecule has 39 heteroatoms. The Hall–Kier alpha value is -9.61. The van der Waals surface area contributed by atoms with Crippen LogP contribution in [0.1, 0.15) is 113 Å². The summed E-state index contributed by atoms with van der Waals surface area (Å²) in [6, 6.07) is 31.0. The van der Waals surface area contributed by atoms with Gasteiger partial charge in [0.2, 0.25) is 17.1 Å². The van der Waals surface area contributed by atoms with E-state index in [9.17, 15) is 114 Å². The number of carbonyl (C=O) groups excluding carboxylic acids is 7. The second kappa shape index (κ2) is 45.4. The summed E-state index contributed by atoms with van der Waals surface area (Å²) in [6.45, 7) is 13.7. The Balaban J connectivity index is 0.000000491. The SMILES string of the molecule is CC(C)(C)C(=O)CCl.CC(C)(C)OC(=O)CCc1cccc(C(F)(F)F)c1.CC(C)(C)OC(=O)CN(C(=O)CCl)c1cccc(C(F)(F)F)c1.NC1=C(C(=O)N(CC(=O)O)c2cccc(C(F)(F)F)c2)Cc2cc(-c3cccs3)ccc21.Nc1cccc(C(F)(F)F)c1.O=C(Cl)CCl.O=C(O)CN(C(=O)CCl)c1cccc(C(F)(F)F)c1. The van der Waals surface area contributed by atoms with E-state index in [-0.39, 0.29) is 76.2 Å². The van der Waals surface area contributed by atoms with Crippen molar-refractivity contribution in [2.75, 3.05) is 63.6 Å². The molecule has 6 N–H and O–H groups in total. The Morgan fingerprint density at radius 2 is 0.838 bits per heavy atom. The van der Waals surface area contributed by atoms with Gasteiger partial charge in [-0.2, -0.15) is 65.9 Å². The molecule has 7 aromatic rings. The van der Waals surface area contributed by atoms with Crippen LogP contribution >= 0.6 is 69.3 Å². The number of aliphatic carboxylic acids is 2. The quantitative estimate of drug-likeness (QED) is 0.0204. The zero-order chi connectivity index (χ0) is 89.7. The first-order chi connectivity index (χ1) is 53.7. The molecule has 0 radical (unpaired) electrons. The fourth-order valence-electron chi connectivity index (χ4n) is 9.25. The zero-order valence-corrected chi connectivity index (χ0v) is 68.0. The van der Waals surface area contributed by atoms with Crippen molar-refractivity contribution in [1.82, 2.24) is 0 Å². The Kier molecular flexibility index (Phi) is 40.1. The first-order valence-corrected chi connectivity index (χ1v) is 37.1. The maximum absolute atomic E-state index is 13.3. The van der Waals surface area contributed by atoms with Gasteiger partial charge in [-0.05, 0) is 173 Å². The highest BCUT2D eigenvalue weighted by atomic mass is 35.5. The third kappa shape index (κ3) is 37.7. The molecule has 0 bridgehead atoms. The summed E-state index contributed by atoms with van der Waals surface area (Å²) in [6.07, 6.45) is -22.0. The number of carboxylic acids is 2. The van der Waals surface area contributed by atoms with Crippen LogP contribution in [0.3, 0.4) is 0 Å². The smallest absolute Gasteiger partial charge is 0.416 e. The molecule has 8 rings (SSSR count). The number of aryl methyl sites for hydroxylation is 1. The zero-order valence-electron chi connectivity index (χ0n) is 63.4. The number of amides is 3. The van der Waals surface area contributed by atoms with Gasteiger partial charge < -0.3 is 41.0 Å². The average molecular weight is 1790 g/mol. The third-order valence-corrected chi connectivity index (χ3v) is 16.7. The number of esters is 2. The summed E-state index contributed by atoms with van der Waals surface area (Å²) in [5, 5.41) is 19.4. The molecule has 6 aromatic carbocycles. The molecule has 0 saturated carbocycles. The topological polar surface area (TPSA) is 274 Å². The van der Waals surface area contributed by atoms with Crippen molar-refractivity contribution >= 4 is 150 Å². The van der Waals surface area contributed by atoms with Gasteiger partial charge in [0, 0.05) is 62.7 Å². The van der Waals surface area contributed by atoms with Crippen molar-refractivity contribution < 1.29 is 129 Å². The minimum atomic E-state index is -4.63. The van der Waals surface area contributed by atoms with Crippen LogP contribution < -0.4 is 26.2 Å². The van der Waals surface area contributed by atoms with Crippen molar-refractivity contribution in [2.45, 2.75) is 124 Å². The number of thiophene rings is 1. The number of hydrogen-bond acceptors (Lipinski definition) is 14. The summed E-state index contributed by atoms with van der Waals surface area (Å²) >= 11 is 27.2. The second-order valence-corrected chi connectivity index (χ2v) is 29.7. The molecule has 18 nitrogen and oxygen atoms in total. The number of carboxylic acid groups (broad SMARTS) is 2. The molecular formula is C78H79Cl5F15N5O13S. The molecule has 0 unspecified atom stereocenters. The predicted octanol–water partition coefficient (Wildman–Crippen LogP) is 19.9. The number of alkyl halides is 19. The average Bonchev–Trinajstić information content (AvgIpc) is 1.64. The molecule has 1 aliphatic rings. The summed E-state index contributed by atoms with van der Waals surface area (Å²) in [5.41, 5.74) is 8.44. The number of carbonyl (C=O) groups is 9. The van der Waals surface area contributed by atoms with E-state index in [0.717, 1.165) is 98.6 Å². The molecule has 0 spiro atoms. The number of anilines is 4. The lowest BCUT2D eigenvalue weighted by Crippen LogP contribution is -2.39. The highest BCUT2D eigenvalue weighted by molar-refractivity contribution is 7.13. The van der Waals surface area contributed by atoms with Crippen LogP contribution in [0.5, 0.6) is 0 Å². The van der Waals surface area contributed by atoms with Gasteiger partial charge >= 0.3 is 54.8 Å². The van der Waals surface area contributed by atoms with Crippen molar-refractivity contribution in [1.29, 1.82) is 0 Å². The van der Waals surface area contributed by atoms with E-state index in [1.807, 2.05) is 50.4 Å². The highest BCUT2D eigenvalue weighted by Gasteiger charge is 2.37. The lowest BCUT2D eigenvalue weighted by molar-refractivity contribution is -0.155. The number of nitrogens with two attached hydrogens (primary N) is 2. The standard InChI is InChI=1S/C23H17F3N2O3S.C15H17ClF3NO3.C14H17F3O2.C11H9ClF3NO3.C7H6F3N.C6H11ClO.C2H2Cl2O/c24-23(25,26)15-3-1-4-16(11-15)28(12-20(29)30)22(31)18-10-14-9-13(19-5-2-8-32-19)6-7-17(14)21(18)27;1-14(2,3)23-13(22)9-20(12(21)8-16)11-6-4-5-10(7-11)15(17,18)19;1-13(2,3)19-12(18)8-7-10-5-4-6-11(9-10)14(15,16)17;12-5-9(17)16(6-10(18)19)8-3-1-2-7(4-8)11(13,14)15;8-7(9,10)5-2-1-3-6(11)4-5;1-6(2,3)5(8)4-7;3-1-2(4)5/h1-9,11H,10,12,27H2,(H,29,30);4-7H,8-9H2,1-3H3;4-6,9H,7-8H2,1-3H3;1-4H,5-6H2,(H,18,19);1-4H,11H2;4H2,1-3H3;1H2. The molecule has 1 aliphatic carbocycles. The fraction of sp³-hybridized carbons (Fsp3) is 0.346. The minimum Gasteiger partial charge on any atom is -0.480 e. The van der Waals surface area contributed by atoms with Crippen LogP contribution in [0.15, 0.2) is 163 Å². The van der Waals surface area contributed by atoms with Crippen LogP contribution in [0, 0.1) is 5.41 Å². The van der Waals surface area contributed by atoms with Crippen LogP contribution in [0.4, 0.5) is 88.6 Å². The maximum Gasteiger partial charge on any atom is 0.416 e. The number of fused-ring (bicyclic) bond motifs is 1. The highest BCUT2D eigenvalue weighted by Crippen LogP contribution is 2.39. The molecule has 0 saturated heterocycles. The summed E-state index contributed by atoms with van der Waals surface area (Å²) in [5.74, 6) is -6.95. The van der Waals surface area contributed by atoms with E-state index in [0.29, 0.717) is 22.1 Å². The van der Waals surface area contributed by atoms with E-state index < -0.39 is 148 Å². The van der Waals surface area contributed by atoms with Crippen molar-refractivity contribution in [3.05, 3.63) is 207 Å². The Labute approximate surface area is 691 Å². The number of Topliss-reactive ketones (excluding diaryl/α,β-unsaturated/α-hetero) is 1. The Morgan fingerprint density at radius 3 is 1.19 bits per heavy atom. The van der Waals surface area contributed by atoms with E-state index >= 15 is 0 Å². The number of ether oxygens (including phenoxy) is 2. The van der Waals surface area contributed by atoms with Gasteiger partial charge in [0.15, 0.2) is 5.78 Å². The molecule has 117 heavy (non-hydrogen) atoms. The van der Waals surface area contributed by atoms with Gasteiger partial charge in [-0.25, -0.2) is 0 Å². The number of nitrogen functional groups attached to an aromatic ring is 1. The van der Waals surface area contributed by atoms with Gasteiger partial charge in [-0.1, -0.05) is 81.4 Å². The van der Waals surface area contributed by atoms with E-state index in [1.165, 1.54) is 36.4 Å². The summed E-state index contributed by atoms with van der Waals surface area (Å²) < 4.78 is 199. The third-order valence-electron chi connectivity index (χ3n) is 14.5. The number of ketones is 1. The second-order valence-electron chi connectivity index (χ2n) is 27.3. The van der Waals surface area contributed by atoms with Crippen LogP contribution in [-0.2, 0) is 96.3 Å². The van der Waals surface area contributed by atoms with Gasteiger partial charge in [-0.3, -0.25) is 48.1 Å². The van der Waals surface area contributed by atoms with E-state index in [2.05, 4.69) is 0 Å². The van der Waals surface area contributed by atoms with Crippen molar-refractivity contribution in [3.8, 4) is 10.4 Å². The monoisotopic (exact) mass is 1790 g/mol. The molecule has 640 valence electrons. The molecule has 0 atom stereocenters. The van der Waals surface area contributed by atoms with Gasteiger partial charge in [0.25, 0.3) is 5.91 Å². The summed E-state index contributed by atoms with van der Waals surface area (Å²) in [7, 11) is 0. The van der Waals surface area contributed by atoms with E-state index in [4.69, 9.17) is 84.1 Å². The maximum atomic E-state index is 13.3. The molecule has 0 fully saturated rings. The number of hydrogen-bond donors (Lipinski definition) is 4. The molecule has 0 aliphatic heterocycles. The fourth-order valence-corrected chi connectivity index (χ4v) is 10.7. The first-order valence-electron chi connectivity index (χ1n) is 33.7. The van der Waals surface area contributed by atoms with Crippen molar-refractivity contribution in [3.63, 3.8) is 0 Å². The van der Waals surface area contributed by atoms with Crippen molar-refractivity contribution in [2.24, 2.45) is 11.1 Å². The largest absolute Gasteiger partial charge is 0.480 e. The normalized spacial score (nSPS) is 12.0. The number of benzene rings is 6.